The largest absolute Gasteiger partial charge is 0.481 e. The quantitative estimate of drug-likeness (QED) is 0.715. The van der Waals surface area contributed by atoms with E-state index in [9.17, 15) is 4.79 Å². The third-order valence-corrected chi connectivity index (χ3v) is 2.15. The maximum absolute atomic E-state index is 10.4. The average Bonchev–Trinajstić information content (AvgIpc) is 1.81. The van der Waals surface area contributed by atoms with Gasteiger partial charge in [-0.2, -0.15) is 0 Å². The second-order valence-corrected chi connectivity index (χ2v) is 5.16. The maximum Gasteiger partial charge on any atom is 0.303 e. The number of carbonyl (C=O) groups is 1. The second kappa shape index (κ2) is 5.25. The summed E-state index contributed by atoms with van der Waals surface area (Å²) in [6.07, 6.45) is 3.66. The van der Waals surface area contributed by atoms with Crippen LogP contribution >= 0.6 is 0 Å². The molecule has 2 nitrogen and oxygen atoms in total. The molecular formula is C11H22O2. The molecule has 0 rings (SSSR count). The minimum absolute atomic E-state index is 0.310. The summed E-state index contributed by atoms with van der Waals surface area (Å²) in [6.45, 7) is 8.66. The lowest BCUT2D eigenvalue weighted by Crippen LogP contribution is -2.08. The van der Waals surface area contributed by atoms with E-state index in [0.717, 1.165) is 12.8 Å². The van der Waals surface area contributed by atoms with Crippen LogP contribution in [0.5, 0.6) is 0 Å². The molecule has 0 spiro atoms. The topological polar surface area (TPSA) is 37.3 Å². The van der Waals surface area contributed by atoms with Crippen LogP contribution in [0.15, 0.2) is 0 Å². The van der Waals surface area contributed by atoms with E-state index in [0.29, 0.717) is 17.8 Å². The molecule has 1 N–H and O–H groups in total. The first-order chi connectivity index (χ1) is 5.81. The molecule has 0 saturated heterocycles. The van der Waals surface area contributed by atoms with E-state index >= 15 is 0 Å². The molecule has 0 fully saturated rings. The van der Waals surface area contributed by atoms with Crippen LogP contribution < -0.4 is 0 Å². The molecule has 0 amide bonds. The molecular weight excluding hydrogens is 164 g/mol. The Morgan fingerprint density at radius 3 is 2.31 bits per heavy atom. The van der Waals surface area contributed by atoms with E-state index in [1.54, 1.807) is 0 Å². The number of hydrogen-bond acceptors (Lipinski definition) is 1. The highest BCUT2D eigenvalue weighted by atomic mass is 16.4. The smallest absolute Gasteiger partial charge is 0.303 e. The second-order valence-electron chi connectivity index (χ2n) is 5.16. The van der Waals surface area contributed by atoms with E-state index in [2.05, 4.69) is 20.8 Å². The van der Waals surface area contributed by atoms with Gasteiger partial charge in [0.05, 0.1) is 0 Å². The molecule has 0 saturated carbocycles. The Bertz CT molecular complexity index is 156. The summed E-state index contributed by atoms with van der Waals surface area (Å²) >= 11 is 0. The van der Waals surface area contributed by atoms with Gasteiger partial charge in [0.2, 0.25) is 0 Å². The van der Waals surface area contributed by atoms with Crippen LogP contribution in [-0.2, 0) is 4.79 Å². The normalized spacial score (nSPS) is 14.2. The van der Waals surface area contributed by atoms with Crippen molar-refractivity contribution >= 4 is 5.97 Å². The number of hydrogen-bond donors (Lipinski definition) is 1. The number of carboxylic acids is 1. The van der Waals surface area contributed by atoms with Crippen molar-refractivity contribution in [3.63, 3.8) is 0 Å². The van der Waals surface area contributed by atoms with Crippen molar-refractivity contribution in [2.45, 2.75) is 53.4 Å². The van der Waals surface area contributed by atoms with Gasteiger partial charge < -0.3 is 5.11 Å². The minimum atomic E-state index is -0.678. The Kier molecular flexibility index (Phi) is 5.04. The van der Waals surface area contributed by atoms with Crippen molar-refractivity contribution in [2.24, 2.45) is 11.3 Å². The first kappa shape index (κ1) is 12.5. The van der Waals surface area contributed by atoms with Gasteiger partial charge >= 0.3 is 5.97 Å². The molecule has 0 radical (unpaired) electrons. The lowest BCUT2D eigenvalue weighted by Gasteiger charge is -2.18. The highest BCUT2D eigenvalue weighted by molar-refractivity contribution is 5.66. The molecule has 2 heteroatoms. The highest BCUT2D eigenvalue weighted by Gasteiger charge is 2.12. The summed E-state index contributed by atoms with van der Waals surface area (Å²) in [4.78, 5) is 10.4. The lowest BCUT2D eigenvalue weighted by atomic mass is 9.88. The van der Waals surface area contributed by atoms with Crippen molar-refractivity contribution in [3.05, 3.63) is 0 Å². The standard InChI is InChI=1S/C11H22O2/c1-9(8-10(12)13)6-5-7-11(2,3)4/h9H,5-8H2,1-4H3,(H,12,13). The number of rotatable bonds is 5. The maximum atomic E-state index is 10.4. The molecule has 0 aromatic carbocycles. The van der Waals surface area contributed by atoms with Crippen molar-refractivity contribution in [3.8, 4) is 0 Å². The Morgan fingerprint density at radius 2 is 1.92 bits per heavy atom. The Labute approximate surface area is 81.3 Å². The highest BCUT2D eigenvalue weighted by Crippen LogP contribution is 2.23. The molecule has 0 aromatic rings. The van der Waals surface area contributed by atoms with Crippen molar-refractivity contribution in [2.75, 3.05) is 0 Å². The number of carboxylic acid groups (broad SMARTS) is 1. The van der Waals surface area contributed by atoms with Gasteiger partial charge in [0.25, 0.3) is 0 Å². The molecule has 1 unspecified atom stereocenters. The monoisotopic (exact) mass is 186 g/mol. The van der Waals surface area contributed by atoms with Crippen LogP contribution in [0.2, 0.25) is 0 Å². The van der Waals surface area contributed by atoms with Crippen molar-refractivity contribution < 1.29 is 9.90 Å². The van der Waals surface area contributed by atoms with Crippen LogP contribution in [0.4, 0.5) is 0 Å². The van der Waals surface area contributed by atoms with Gasteiger partial charge in [0.1, 0.15) is 0 Å². The van der Waals surface area contributed by atoms with Gasteiger partial charge in [-0.1, -0.05) is 40.5 Å². The fourth-order valence-electron chi connectivity index (χ4n) is 1.38. The Morgan fingerprint density at radius 1 is 1.38 bits per heavy atom. The van der Waals surface area contributed by atoms with E-state index in [1.165, 1.54) is 6.42 Å². The molecule has 0 aliphatic rings. The Balaban J connectivity index is 3.48. The zero-order valence-electron chi connectivity index (χ0n) is 9.26. The summed E-state index contributed by atoms with van der Waals surface area (Å²) in [6, 6.07) is 0. The molecule has 0 aromatic heterocycles. The predicted octanol–water partition coefficient (Wildman–Crippen LogP) is 3.31. The first-order valence-corrected chi connectivity index (χ1v) is 5.03. The summed E-state index contributed by atoms with van der Waals surface area (Å²) in [5.74, 6) is -0.358. The fraction of sp³-hybridized carbons (Fsp3) is 0.909. The van der Waals surface area contributed by atoms with Gasteiger partial charge in [-0.25, -0.2) is 0 Å². The van der Waals surface area contributed by atoms with Crippen molar-refractivity contribution in [1.82, 2.24) is 0 Å². The molecule has 13 heavy (non-hydrogen) atoms. The van der Waals surface area contributed by atoms with Gasteiger partial charge in [-0.3, -0.25) is 4.79 Å². The lowest BCUT2D eigenvalue weighted by molar-refractivity contribution is -0.138. The van der Waals surface area contributed by atoms with Gasteiger partial charge in [-0.05, 0) is 17.8 Å². The molecule has 0 bridgehead atoms. The third kappa shape index (κ3) is 9.38. The van der Waals surface area contributed by atoms with Gasteiger partial charge in [-0.15, -0.1) is 0 Å². The van der Waals surface area contributed by atoms with E-state index < -0.39 is 5.97 Å². The van der Waals surface area contributed by atoms with E-state index in [1.807, 2.05) is 6.92 Å². The zero-order valence-corrected chi connectivity index (χ0v) is 9.26. The molecule has 1 atom stereocenters. The molecule has 0 aliphatic carbocycles. The summed E-state index contributed by atoms with van der Waals surface area (Å²) < 4.78 is 0. The summed E-state index contributed by atoms with van der Waals surface area (Å²) in [5.41, 5.74) is 0.378. The van der Waals surface area contributed by atoms with Gasteiger partial charge in [0.15, 0.2) is 0 Å². The molecule has 0 heterocycles. The van der Waals surface area contributed by atoms with Crippen molar-refractivity contribution in [1.29, 1.82) is 0 Å². The van der Waals surface area contributed by atoms with E-state index in [4.69, 9.17) is 5.11 Å². The predicted molar refractivity (Wildman–Crippen MR) is 54.7 cm³/mol. The Hall–Kier alpha value is -0.530. The number of aliphatic carboxylic acids is 1. The van der Waals surface area contributed by atoms with Crippen LogP contribution in [-0.4, -0.2) is 11.1 Å². The summed E-state index contributed by atoms with van der Waals surface area (Å²) in [5, 5.41) is 8.54. The van der Waals surface area contributed by atoms with E-state index in [-0.39, 0.29) is 0 Å². The third-order valence-electron chi connectivity index (χ3n) is 2.15. The van der Waals surface area contributed by atoms with Crippen LogP contribution in [0.1, 0.15) is 53.4 Å². The first-order valence-electron chi connectivity index (χ1n) is 5.03. The van der Waals surface area contributed by atoms with Crippen LogP contribution in [0.25, 0.3) is 0 Å². The average molecular weight is 186 g/mol. The van der Waals surface area contributed by atoms with Crippen LogP contribution in [0.3, 0.4) is 0 Å². The SMILES string of the molecule is CC(CCCC(C)(C)C)CC(=O)O. The fourth-order valence-corrected chi connectivity index (χ4v) is 1.38. The van der Waals surface area contributed by atoms with Crippen LogP contribution in [0, 0.1) is 11.3 Å². The zero-order chi connectivity index (χ0) is 10.5. The molecule has 78 valence electrons. The van der Waals surface area contributed by atoms with Gasteiger partial charge in [0, 0.05) is 6.42 Å². The minimum Gasteiger partial charge on any atom is -0.481 e. The molecule has 0 aliphatic heterocycles. The summed E-state index contributed by atoms with van der Waals surface area (Å²) in [7, 11) is 0.